The number of ether oxygens (including phenoxy) is 3. The minimum Gasteiger partial charge on any atom is -0.430 e. The fourth-order valence-electron chi connectivity index (χ4n) is 0.316. The van der Waals surface area contributed by atoms with Crippen molar-refractivity contribution in [1.82, 2.24) is 0 Å². The highest BCUT2D eigenvalue weighted by atomic mass is 16.8. The molecule has 1 atom stereocenters. The molecule has 0 amide bonds. The lowest BCUT2D eigenvalue weighted by Crippen LogP contribution is -1.86. The molecule has 0 N–H and O–H groups in total. The van der Waals surface area contributed by atoms with Crippen molar-refractivity contribution in [2.24, 2.45) is 0 Å². The van der Waals surface area contributed by atoms with Crippen molar-refractivity contribution in [3.05, 3.63) is 12.2 Å². The Kier molecular flexibility index (Phi) is 0.438. The summed E-state index contributed by atoms with van der Waals surface area (Å²) in [6.07, 6.45) is 1.54. The van der Waals surface area contributed by atoms with Crippen molar-refractivity contribution in [2.45, 2.75) is 6.29 Å². The highest BCUT2D eigenvalue weighted by molar-refractivity contribution is 4.93. The van der Waals surface area contributed by atoms with Crippen LogP contribution in [0.4, 0.5) is 0 Å². The van der Waals surface area contributed by atoms with E-state index in [4.69, 9.17) is 9.47 Å². The summed E-state index contributed by atoms with van der Waals surface area (Å²) in [5.41, 5.74) is 0. The van der Waals surface area contributed by atoms with E-state index in [9.17, 15) is 0 Å². The molecule has 7 heavy (non-hydrogen) atoms. The Morgan fingerprint density at radius 3 is 3.00 bits per heavy atom. The average Bonchev–Trinajstić information content (AvgIpc) is 2.33. The first kappa shape index (κ1) is 3.32. The summed E-state index contributed by atoms with van der Waals surface area (Å²) >= 11 is 0. The molecule has 0 radical (unpaired) electrons. The molecule has 0 aromatic carbocycles. The molecule has 1 unspecified atom stereocenters. The van der Waals surface area contributed by atoms with Crippen molar-refractivity contribution in [3.63, 3.8) is 0 Å². The average molecular weight is 100 g/mol. The van der Waals surface area contributed by atoms with Crippen LogP contribution < -0.4 is 0 Å². The van der Waals surface area contributed by atoms with Crippen LogP contribution in [-0.2, 0) is 14.2 Å². The zero-order chi connectivity index (χ0) is 4.69. The Hall–Kier alpha value is -0.700. The smallest absolute Gasteiger partial charge is 0.323 e. The zero-order valence-corrected chi connectivity index (χ0v) is 3.59. The molecule has 0 saturated carbocycles. The van der Waals surface area contributed by atoms with Gasteiger partial charge in [-0.05, 0) is 0 Å². The van der Waals surface area contributed by atoms with Gasteiger partial charge in [0.05, 0.1) is 0 Å². The molecule has 1 fully saturated rings. The summed E-state index contributed by atoms with van der Waals surface area (Å²) in [5, 5.41) is 0. The molecular weight excluding hydrogens is 96.0 g/mol. The minimum absolute atomic E-state index is 0.00579. The Morgan fingerprint density at radius 2 is 2.57 bits per heavy atom. The molecule has 0 spiro atoms. The van der Waals surface area contributed by atoms with Gasteiger partial charge in [-0.2, -0.15) is 0 Å². The maximum absolute atomic E-state index is 4.89. The summed E-state index contributed by atoms with van der Waals surface area (Å²) in [6, 6.07) is 0. The highest BCUT2D eigenvalue weighted by Crippen LogP contribution is 2.22. The van der Waals surface area contributed by atoms with Gasteiger partial charge >= 0.3 is 5.95 Å². The predicted octanol–water partition coefficient (Wildman–Crippen LogP) is 0.188. The Bertz CT molecular complexity index is 114. The van der Waals surface area contributed by atoms with E-state index in [0.29, 0.717) is 12.6 Å². The highest BCUT2D eigenvalue weighted by Gasteiger charge is 2.29. The van der Waals surface area contributed by atoms with Crippen molar-refractivity contribution in [2.75, 3.05) is 6.61 Å². The number of hydrogen-bond donors (Lipinski definition) is 0. The normalized spacial score (nSPS) is 33.1. The molecule has 3 heteroatoms. The SMILES string of the molecule is C1=C(OC2CO2)O1. The van der Waals surface area contributed by atoms with E-state index < -0.39 is 0 Å². The first-order valence-corrected chi connectivity index (χ1v) is 2.10. The first-order chi connectivity index (χ1) is 3.45. The first-order valence-electron chi connectivity index (χ1n) is 2.10. The van der Waals surface area contributed by atoms with Crippen LogP contribution in [0.3, 0.4) is 0 Å². The minimum atomic E-state index is -0.00579. The van der Waals surface area contributed by atoms with Gasteiger partial charge in [-0.15, -0.1) is 0 Å². The van der Waals surface area contributed by atoms with Crippen LogP contribution in [0.15, 0.2) is 12.2 Å². The summed E-state index contributed by atoms with van der Waals surface area (Å²) in [7, 11) is 0. The number of hydrogen-bond acceptors (Lipinski definition) is 3. The molecule has 2 rings (SSSR count). The summed E-state index contributed by atoms with van der Waals surface area (Å²) in [6.45, 7) is 0.709. The quantitative estimate of drug-likeness (QED) is 0.464. The maximum atomic E-state index is 4.89. The van der Waals surface area contributed by atoms with E-state index in [1.807, 2.05) is 0 Å². The van der Waals surface area contributed by atoms with Gasteiger partial charge in [-0.25, -0.2) is 0 Å². The van der Waals surface area contributed by atoms with E-state index in [-0.39, 0.29) is 6.29 Å². The van der Waals surface area contributed by atoms with Gasteiger partial charge in [0.15, 0.2) is 6.26 Å². The molecule has 0 aliphatic carbocycles. The molecule has 3 nitrogen and oxygen atoms in total. The van der Waals surface area contributed by atoms with Crippen LogP contribution in [0.2, 0.25) is 0 Å². The van der Waals surface area contributed by atoms with Gasteiger partial charge in [-0.1, -0.05) is 0 Å². The van der Waals surface area contributed by atoms with E-state index in [1.54, 1.807) is 6.26 Å². The van der Waals surface area contributed by atoms with Crippen LogP contribution in [0.25, 0.3) is 0 Å². The molecular formula is C4H4O3. The molecule has 2 aliphatic rings. The molecule has 1 saturated heterocycles. The lowest BCUT2D eigenvalue weighted by atomic mass is 10.9. The third-order valence-corrected chi connectivity index (χ3v) is 0.764. The number of epoxide rings is 1. The van der Waals surface area contributed by atoms with Crippen LogP contribution in [0.1, 0.15) is 0 Å². The van der Waals surface area contributed by atoms with Gasteiger partial charge in [0.2, 0.25) is 6.29 Å². The molecule has 2 aliphatic heterocycles. The Morgan fingerprint density at radius 1 is 1.86 bits per heavy atom. The fourth-order valence-corrected chi connectivity index (χ4v) is 0.316. The molecule has 38 valence electrons. The summed E-state index contributed by atoms with van der Waals surface area (Å²) in [4.78, 5) is 0. The molecule has 0 aromatic heterocycles. The van der Waals surface area contributed by atoms with E-state index >= 15 is 0 Å². The largest absolute Gasteiger partial charge is 0.430 e. The lowest BCUT2D eigenvalue weighted by Gasteiger charge is -1.85. The van der Waals surface area contributed by atoms with Crippen molar-refractivity contribution in [1.29, 1.82) is 0 Å². The van der Waals surface area contributed by atoms with Gasteiger partial charge < -0.3 is 14.2 Å². The topological polar surface area (TPSA) is 34.3 Å². The number of rotatable bonds is 2. The zero-order valence-electron chi connectivity index (χ0n) is 3.59. The maximum Gasteiger partial charge on any atom is 0.323 e. The van der Waals surface area contributed by atoms with Crippen LogP contribution in [-0.4, -0.2) is 12.9 Å². The summed E-state index contributed by atoms with van der Waals surface area (Å²) < 4.78 is 14.2. The Labute approximate surface area is 40.5 Å². The monoisotopic (exact) mass is 100 g/mol. The van der Waals surface area contributed by atoms with E-state index in [2.05, 4.69) is 4.74 Å². The fraction of sp³-hybridized carbons (Fsp3) is 0.500. The third kappa shape index (κ3) is 0.667. The van der Waals surface area contributed by atoms with E-state index in [0.717, 1.165) is 0 Å². The molecule has 0 bridgehead atoms. The van der Waals surface area contributed by atoms with Gasteiger partial charge in [0, 0.05) is 0 Å². The van der Waals surface area contributed by atoms with E-state index in [1.165, 1.54) is 0 Å². The lowest BCUT2D eigenvalue weighted by molar-refractivity contribution is 0.0739. The summed E-state index contributed by atoms with van der Waals surface area (Å²) in [5.74, 6) is 0.600. The van der Waals surface area contributed by atoms with Gasteiger partial charge in [-0.3, -0.25) is 0 Å². The van der Waals surface area contributed by atoms with Gasteiger partial charge in [0.1, 0.15) is 6.61 Å². The standard InChI is InChI=1S/C4H4O3/c1-3(5-1)7-4-2-6-4/h1,4H,2H2. The van der Waals surface area contributed by atoms with Gasteiger partial charge in [0.25, 0.3) is 0 Å². The molecule has 0 aromatic rings. The van der Waals surface area contributed by atoms with Crippen molar-refractivity contribution >= 4 is 0 Å². The van der Waals surface area contributed by atoms with Crippen LogP contribution in [0, 0.1) is 0 Å². The van der Waals surface area contributed by atoms with Crippen molar-refractivity contribution in [3.8, 4) is 0 Å². The second kappa shape index (κ2) is 0.924. The van der Waals surface area contributed by atoms with Crippen molar-refractivity contribution < 1.29 is 14.2 Å². The van der Waals surface area contributed by atoms with Crippen LogP contribution in [0.5, 0.6) is 0 Å². The Balaban J connectivity index is 1.79. The second-order valence-electron chi connectivity index (χ2n) is 1.44. The predicted molar refractivity (Wildman–Crippen MR) is 20.0 cm³/mol. The van der Waals surface area contributed by atoms with Crippen LogP contribution >= 0.6 is 0 Å². The molecule has 2 heterocycles. The second-order valence-corrected chi connectivity index (χ2v) is 1.44. The third-order valence-electron chi connectivity index (χ3n) is 0.764.